The molecule has 17 heavy (non-hydrogen) atoms. The van der Waals surface area contributed by atoms with E-state index in [0.29, 0.717) is 11.8 Å². The summed E-state index contributed by atoms with van der Waals surface area (Å²) >= 11 is 0. The summed E-state index contributed by atoms with van der Waals surface area (Å²) in [4.78, 5) is 4.09. The maximum absolute atomic E-state index is 5.67. The zero-order valence-corrected chi connectivity index (χ0v) is 8.83. The van der Waals surface area contributed by atoms with Crippen molar-refractivity contribution in [3.05, 3.63) is 42.9 Å². The van der Waals surface area contributed by atoms with Crippen molar-refractivity contribution in [2.24, 2.45) is 0 Å². The molecule has 5 heteroatoms. The fraction of sp³-hybridized carbons (Fsp3) is 0. The molecule has 0 fully saturated rings. The van der Waals surface area contributed by atoms with Gasteiger partial charge in [-0.1, -0.05) is 17.3 Å². The van der Waals surface area contributed by atoms with Crippen LogP contribution in [0.15, 0.2) is 51.9 Å². The molecule has 0 aliphatic carbocycles. The van der Waals surface area contributed by atoms with E-state index in [1.807, 2.05) is 24.3 Å². The van der Waals surface area contributed by atoms with E-state index in [1.165, 1.54) is 6.26 Å². The SMILES string of the molecule is Nc1oncc1-c1cccc(-c2ncco2)c1. The van der Waals surface area contributed by atoms with Crippen LogP contribution >= 0.6 is 0 Å². The first kappa shape index (κ1) is 9.65. The molecule has 3 aromatic rings. The summed E-state index contributed by atoms with van der Waals surface area (Å²) in [5.41, 5.74) is 8.23. The Kier molecular flexibility index (Phi) is 2.15. The number of oxazole rings is 1. The molecule has 0 radical (unpaired) electrons. The molecule has 2 N–H and O–H groups in total. The van der Waals surface area contributed by atoms with Crippen LogP contribution in [0, 0.1) is 0 Å². The van der Waals surface area contributed by atoms with Crippen molar-refractivity contribution >= 4 is 5.88 Å². The smallest absolute Gasteiger partial charge is 0.229 e. The van der Waals surface area contributed by atoms with Crippen molar-refractivity contribution in [3.63, 3.8) is 0 Å². The second kappa shape index (κ2) is 3.79. The molecule has 0 unspecified atom stereocenters. The average Bonchev–Trinajstić information content (AvgIpc) is 2.99. The van der Waals surface area contributed by atoms with Gasteiger partial charge in [0.1, 0.15) is 6.26 Å². The molecule has 0 saturated carbocycles. The van der Waals surface area contributed by atoms with Gasteiger partial charge in [-0.3, -0.25) is 0 Å². The van der Waals surface area contributed by atoms with Gasteiger partial charge in [0.05, 0.1) is 18.0 Å². The topological polar surface area (TPSA) is 78.1 Å². The van der Waals surface area contributed by atoms with Crippen molar-refractivity contribution in [2.45, 2.75) is 0 Å². The monoisotopic (exact) mass is 227 g/mol. The lowest BCUT2D eigenvalue weighted by Crippen LogP contribution is -1.85. The third kappa shape index (κ3) is 1.67. The summed E-state index contributed by atoms with van der Waals surface area (Å²) < 4.78 is 10.1. The molecule has 2 aromatic heterocycles. The summed E-state index contributed by atoms with van der Waals surface area (Å²) in [6.45, 7) is 0. The van der Waals surface area contributed by atoms with E-state index >= 15 is 0 Å². The highest BCUT2D eigenvalue weighted by Gasteiger charge is 2.09. The highest BCUT2D eigenvalue weighted by molar-refractivity contribution is 5.75. The Balaban J connectivity index is 2.09. The van der Waals surface area contributed by atoms with Crippen LogP contribution < -0.4 is 5.73 Å². The van der Waals surface area contributed by atoms with E-state index in [1.54, 1.807) is 12.4 Å². The van der Waals surface area contributed by atoms with Gasteiger partial charge in [0, 0.05) is 5.56 Å². The molecular formula is C12H9N3O2. The zero-order chi connectivity index (χ0) is 11.7. The quantitative estimate of drug-likeness (QED) is 0.727. The Morgan fingerprint density at radius 3 is 2.76 bits per heavy atom. The summed E-state index contributed by atoms with van der Waals surface area (Å²) in [7, 11) is 0. The first-order valence-electron chi connectivity index (χ1n) is 5.05. The van der Waals surface area contributed by atoms with Crippen LogP contribution in [0.1, 0.15) is 0 Å². The van der Waals surface area contributed by atoms with Gasteiger partial charge in [0.2, 0.25) is 11.8 Å². The molecule has 84 valence electrons. The molecule has 0 spiro atoms. The van der Waals surface area contributed by atoms with E-state index in [-0.39, 0.29) is 0 Å². The lowest BCUT2D eigenvalue weighted by atomic mass is 10.1. The number of nitrogen functional groups attached to an aromatic ring is 1. The van der Waals surface area contributed by atoms with Crippen LogP contribution in [0.4, 0.5) is 5.88 Å². The third-order valence-electron chi connectivity index (χ3n) is 2.45. The Morgan fingerprint density at radius 2 is 2.06 bits per heavy atom. The minimum atomic E-state index is 0.301. The Hall–Kier alpha value is -2.56. The molecule has 0 aliphatic rings. The van der Waals surface area contributed by atoms with Gasteiger partial charge >= 0.3 is 0 Å². The summed E-state index contributed by atoms with van der Waals surface area (Å²) in [5.74, 6) is 0.872. The number of benzene rings is 1. The lowest BCUT2D eigenvalue weighted by molar-refractivity contribution is 0.436. The number of aromatic nitrogens is 2. The van der Waals surface area contributed by atoms with Crippen molar-refractivity contribution in [2.75, 3.05) is 5.73 Å². The first-order chi connectivity index (χ1) is 8.34. The highest BCUT2D eigenvalue weighted by atomic mass is 16.5. The van der Waals surface area contributed by atoms with Gasteiger partial charge in [-0.15, -0.1) is 0 Å². The van der Waals surface area contributed by atoms with Crippen molar-refractivity contribution in [1.82, 2.24) is 10.1 Å². The molecule has 2 heterocycles. The van der Waals surface area contributed by atoms with E-state index in [0.717, 1.165) is 16.7 Å². The molecule has 0 aliphatic heterocycles. The van der Waals surface area contributed by atoms with Crippen LogP contribution in [0.2, 0.25) is 0 Å². The number of hydrogen-bond acceptors (Lipinski definition) is 5. The molecule has 0 saturated heterocycles. The Bertz CT molecular complexity index is 629. The third-order valence-corrected chi connectivity index (χ3v) is 2.45. The van der Waals surface area contributed by atoms with Gasteiger partial charge in [-0.25, -0.2) is 4.98 Å². The predicted molar refractivity (Wildman–Crippen MR) is 61.8 cm³/mol. The van der Waals surface area contributed by atoms with Crippen LogP contribution in [-0.2, 0) is 0 Å². The lowest BCUT2D eigenvalue weighted by Gasteiger charge is -2.00. The van der Waals surface area contributed by atoms with Gasteiger partial charge in [-0.2, -0.15) is 0 Å². The number of hydrogen-bond donors (Lipinski definition) is 1. The van der Waals surface area contributed by atoms with Crippen LogP contribution in [-0.4, -0.2) is 10.1 Å². The largest absolute Gasteiger partial charge is 0.445 e. The molecule has 5 nitrogen and oxygen atoms in total. The standard InChI is InChI=1S/C12H9N3O2/c13-11-10(7-15-17-11)8-2-1-3-9(6-8)12-14-4-5-16-12/h1-7H,13H2. The Morgan fingerprint density at radius 1 is 1.18 bits per heavy atom. The summed E-state index contributed by atoms with van der Waals surface area (Å²) in [5, 5.41) is 3.65. The first-order valence-corrected chi connectivity index (χ1v) is 5.05. The van der Waals surface area contributed by atoms with Gasteiger partial charge in [0.15, 0.2) is 0 Å². The zero-order valence-electron chi connectivity index (χ0n) is 8.83. The van der Waals surface area contributed by atoms with Crippen molar-refractivity contribution in [3.8, 4) is 22.6 Å². The van der Waals surface area contributed by atoms with E-state index in [9.17, 15) is 0 Å². The van der Waals surface area contributed by atoms with Crippen LogP contribution in [0.5, 0.6) is 0 Å². The molecule has 0 atom stereocenters. The number of nitrogens with two attached hydrogens (primary N) is 1. The highest BCUT2D eigenvalue weighted by Crippen LogP contribution is 2.28. The molecule has 0 amide bonds. The van der Waals surface area contributed by atoms with Crippen molar-refractivity contribution in [1.29, 1.82) is 0 Å². The normalized spacial score (nSPS) is 10.6. The summed E-state index contributed by atoms with van der Waals surface area (Å²) in [6, 6.07) is 7.67. The second-order valence-corrected chi connectivity index (χ2v) is 3.52. The molecule has 1 aromatic carbocycles. The Labute approximate surface area is 96.9 Å². The van der Waals surface area contributed by atoms with Gasteiger partial charge in [0.25, 0.3) is 0 Å². The van der Waals surface area contributed by atoms with Crippen molar-refractivity contribution < 1.29 is 8.94 Å². The number of nitrogens with zero attached hydrogens (tertiary/aromatic N) is 2. The van der Waals surface area contributed by atoms with E-state index < -0.39 is 0 Å². The fourth-order valence-electron chi connectivity index (χ4n) is 1.65. The minimum Gasteiger partial charge on any atom is -0.445 e. The van der Waals surface area contributed by atoms with E-state index in [4.69, 9.17) is 14.7 Å². The number of anilines is 1. The van der Waals surface area contributed by atoms with Gasteiger partial charge < -0.3 is 14.7 Å². The minimum absolute atomic E-state index is 0.301. The van der Waals surface area contributed by atoms with Crippen LogP contribution in [0.25, 0.3) is 22.6 Å². The maximum Gasteiger partial charge on any atom is 0.229 e. The maximum atomic E-state index is 5.67. The van der Waals surface area contributed by atoms with Gasteiger partial charge in [-0.05, 0) is 17.7 Å². The second-order valence-electron chi connectivity index (χ2n) is 3.52. The molecule has 3 rings (SSSR count). The molecular weight excluding hydrogens is 218 g/mol. The summed E-state index contributed by atoms with van der Waals surface area (Å²) in [6.07, 6.45) is 4.73. The number of rotatable bonds is 2. The average molecular weight is 227 g/mol. The van der Waals surface area contributed by atoms with E-state index in [2.05, 4.69) is 10.1 Å². The van der Waals surface area contributed by atoms with Crippen LogP contribution in [0.3, 0.4) is 0 Å². The molecule has 0 bridgehead atoms. The predicted octanol–water partition coefficient (Wildman–Crippen LogP) is 2.58. The fourth-order valence-corrected chi connectivity index (χ4v) is 1.65.